The third-order valence-corrected chi connectivity index (χ3v) is 4.38. The number of piperidine rings is 1. The summed E-state index contributed by atoms with van der Waals surface area (Å²) in [5.41, 5.74) is 8.14. The first-order chi connectivity index (χ1) is 9.66. The Bertz CT molecular complexity index is 650. The van der Waals surface area contributed by atoms with E-state index in [-0.39, 0.29) is 0 Å². The molecule has 0 saturated carbocycles. The molecule has 0 amide bonds. The van der Waals surface area contributed by atoms with Gasteiger partial charge in [0.1, 0.15) is 4.99 Å². The summed E-state index contributed by atoms with van der Waals surface area (Å²) < 4.78 is 0. The second kappa shape index (κ2) is 5.41. The van der Waals surface area contributed by atoms with Gasteiger partial charge in [-0.2, -0.15) is 0 Å². The van der Waals surface area contributed by atoms with Gasteiger partial charge in [-0.05, 0) is 36.3 Å². The molecule has 0 bridgehead atoms. The lowest BCUT2D eigenvalue weighted by Crippen LogP contribution is -2.34. The molecular formula is C17H20N2S. The first-order valence-electron chi connectivity index (χ1n) is 7.23. The topological polar surface area (TPSA) is 29.3 Å². The molecule has 1 unspecified atom stereocenters. The molecule has 0 radical (unpaired) electrons. The molecule has 0 aromatic heterocycles. The van der Waals surface area contributed by atoms with Crippen molar-refractivity contribution in [2.75, 3.05) is 18.0 Å². The van der Waals surface area contributed by atoms with E-state index < -0.39 is 0 Å². The van der Waals surface area contributed by atoms with Gasteiger partial charge in [0.05, 0.1) is 0 Å². The van der Waals surface area contributed by atoms with E-state index in [9.17, 15) is 0 Å². The molecule has 1 atom stereocenters. The van der Waals surface area contributed by atoms with Gasteiger partial charge in [0.25, 0.3) is 0 Å². The van der Waals surface area contributed by atoms with Crippen molar-refractivity contribution in [3.63, 3.8) is 0 Å². The van der Waals surface area contributed by atoms with Crippen LogP contribution in [0.3, 0.4) is 0 Å². The Labute approximate surface area is 125 Å². The molecule has 2 aromatic rings. The van der Waals surface area contributed by atoms with Gasteiger partial charge < -0.3 is 10.6 Å². The van der Waals surface area contributed by atoms with E-state index in [0.717, 1.165) is 30.0 Å². The average Bonchev–Trinajstić information content (AvgIpc) is 2.46. The van der Waals surface area contributed by atoms with Gasteiger partial charge in [-0.15, -0.1) is 0 Å². The largest absolute Gasteiger partial charge is 0.389 e. The number of hydrogen-bond acceptors (Lipinski definition) is 2. The molecule has 20 heavy (non-hydrogen) atoms. The molecule has 2 N–H and O–H groups in total. The van der Waals surface area contributed by atoms with Gasteiger partial charge in [0.2, 0.25) is 0 Å². The highest BCUT2D eigenvalue weighted by molar-refractivity contribution is 7.80. The number of nitrogens with zero attached hydrogens (tertiary/aromatic N) is 1. The third kappa shape index (κ3) is 2.38. The van der Waals surface area contributed by atoms with E-state index in [1.165, 1.54) is 23.9 Å². The molecule has 1 aliphatic heterocycles. The van der Waals surface area contributed by atoms with Crippen LogP contribution in [0.15, 0.2) is 36.4 Å². The Kier molecular flexibility index (Phi) is 3.62. The molecule has 2 aromatic carbocycles. The minimum absolute atomic E-state index is 0.472. The number of thiocarbonyl (C=S) groups is 1. The molecular weight excluding hydrogens is 264 g/mol. The maximum Gasteiger partial charge on any atom is 0.104 e. The molecule has 104 valence electrons. The molecule has 1 fully saturated rings. The van der Waals surface area contributed by atoms with Crippen molar-refractivity contribution < 1.29 is 0 Å². The lowest BCUT2D eigenvalue weighted by Gasteiger charge is -2.33. The van der Waals surface area contributed by atoms with E-state index in [4.69, 9.17) is 18.0 Å². The van der Waals surface area contributed by atoms with E-state index in [2.05, 4.69) is 42.2 Å². The van der Waals surface area contributed by atoms with Crippen molar-refractivity contribution in [3.8, 4) is 0 Å². The first kappa shape index (κ1) is 13.4. The van der Waals surface area contributed by atoms with Crippen LogP contribution in [0.1, 0.15) is 25.3 Å². The lowest BCUT2D eigenvalue weighted by molar-refractivity contribution is 0.447. The van der Waals surface area contributed by atoms with E-state index in [1.807, 2.05) is 6.07 Å². The SMILES string of the molecule is CC1CCCN(c2ccc(C(N)=S)c3ccccc23)C1. The van der Waals surface area contributed by atoms with Crippen molar-refractivity contribution in [1.82, 2.24) is 0 Å². The Morgan fingerprint density at radius 3 is 2.65 bits per heavy atom. The molecule has 0 aliphatic carbocycles. The van der Waals surface area contributed by atoms with Crippen LogP contribution in [-0.4, -0.2) is 18.1 Å². The highest BCUT2D eigenvalue weighted by Crippen LogP contribution is 2.32. The fraction of sp³-hybridized carbons (Fsp3) is 0.353. The van der Waals surface area contributed by atoms with Gasteiger partial charge in [0, 0.05) is 29.7 Å². The lowest BCUT2D eigenvalue weighted by atomic mass is 9.97. The zero-order valence-electron chi connectivity index (χ0n) is 11.8. The number of hydrogen-bond donors (Lipinski definition) is 1. The van der Waals surface area contributed by atoms with Crippen LogP contribution in [0.5, 0.6) is 0 Å². The van der Waals surface area contributed by atoms with Crippen LogP contribution in [0.4, 0.5) is 5.69 Å². The average molecular weight is 284 g/mol. The summed E-state index contributed by atoms with van der Waals surface area (Å²) in [7, 11) is 0. The number of fused-ring (bicyclic) bond motifs is 1. The maximum absolute atomic E-state index is 5.85. The van der Waals surface area contributed by atoms with Crippen LogP contribution in [-0.2, 0) is 0 Å². The third-order valence-electron chi connectivity index (χ3n) is 4.16. The minimum Gasteiger partial charge on any atom is -0.389 e. The molecule has 3 rings (SSSR count). The normalized spacial score (nSPS) is 19.2. The Morgan fingerprint density at radius 2 is 1.95 bits per heavy atom. The van der Waals surface area contributed by atoms with Gasteiger partial charge in [0.15, 0.2) is 0 Å². The van der Waals surface area contributed by atoms with Crippen LogP contribution >= 0.6 is 12.2 Å². The number of anilines is 1. The van der Waals surface area contributed by atoms with Crippen LogP contribution in [0, 0.1) is 5.92 Å². The van der Waals surface area contributed by atoms with Gasteiger partial charge in [-0.3, -0.25) is 0 Å². The summed E-state index contributed by atoms with van der Waals surface area (Å²) in [6.45, 7) is 4.61. The standard InChI is InChI=1S/C17H20N2S/c1-12-5-4-10-19(11-12)16-9-8-15(17(18)20)13-6-2-3-7-14(13)16/h2-3,6-9,12H,4-5,10-11H2,1H3,(H2,18,20). The summed E-state index contributed by atoms with van der Waals surface area (Å²) in [6.07, 6.45) is 2.60. The molecule has 0 spiro atoms. The van der Waals surface area contributed by atoms with Crippen LogP contribution in [0.25, 0.3) is 10.8 Å². The van der Waals surface area contributed by atoms with E-state index in [1.54, 1.807) is 0 Å². The predicted octanol–water partition coefficient (Wildman–Crippen LogP) is 3.71. The molecule has 2 nitrogen and oxygen atoms in total. The summed E-state index contributed by atoms with van der Waals surface area (Å²) >= 11 is 5.17. The zero-order valence-corrected chi connectivity index (χ0v) is 12.6. The first-order valence-corrected chi connectivity index (χ1v) is 7.64. The second-order valence-electron chi connectivity index (χ2n) is 5.74. The number of rotatable bonds is 2. The molecule has 3 heteroatoms. The van der Waals surface area contributed by atoms with E-state index >= 15 is 0 Å². The maximum atomic E-state index is 5.85. The van der Waals surface area contributed by atoms with Crippen molar-refractivity contribution in [2.45, 2.75) is 19.8 Å². The van der Waals surface area contributed by atoms with Gasteiger partial charge in [-0.25, -0.2) is 0 Å². The number of nitrogens with two attached hydrogens (primary N) is 1. The van der Waals surface area contributed by atoms with Crippen LogP contribution < -0.4 is 10.6 Å². The highest BCUT2D eigenvalue weighted by atomic mass is 32.1. The van der Waals surface area contributed by atoms with Gasteiger partial charge >= 0.3 is 0 Å². The number of benzene rings is 2. The summed E-state index contributed by atoms with van der Waals surface area (Å²) in [5.74, 6) is 0.762. The predicted molar refractivity (Wildman–Crippen MR) is 90.4 cm³/mol. The fourth-order valence-electron chi connectivity index (χ4n) is 3.18. The summed E-state index contributed by atoms with van der Waals surface area (Å²) in [5, 5.41) is 2.42. The molecule has 1 saturated heterocycles. The Hall–Kier alpha value is -1.61. The van der Waals surface area contributed by atoms with Crippen molar-refractivity contribution >= 4 is 33.7 Å². The van der Waals surface area contributed by atoms with Crippen molar-refractivity contribution in [3.05, 3.63) is 42.0 Å². The zero-order chi connectivity index (χ0) is 14.1. The monoisotopic (exact) mass is 284 g/mol. The second-order valence-corrected chi connectivity index (χ2v) is 6.18. The van der Waals surface area contributed by atoms with Gasteiger partial charge in [-0.1, -0.05) is 43.4 Å². The molecule has 1 heterocycles. The minimum atomic E-state index is 0.472. The quantitative estimate of drug-likeness (QED) is 0.852. The fourth-order valence-corrected chi connectivity index (χ4v) is 3.36. The smallest absolute Gasteiger partial charge is 0.104 e. The molecule has 1 aliphatic rings. The summed E-state index contributed by atoms with van der Waals surface area (Å²) in [6, 6.07) is 12.7. The Balaban J connectivity index is 2.12. The Morgan fingerprint density at radius 1 is 1.20 bits per heavy atom. The summed E-state index contributed by atoms with van der Waals surface area (Å²) in [4.78, 5) is 2.97. The van der Waals surface area contributed by atoms with E-state index in [0.29, 0.717) is 4.99 Å². The highest BCUT2D eigenvalue weighted by Gasteiger charge is 2.19. The van der Waals surface area contributed by atoms with Crippen molar-refractivity contribution in [1.29, 1.82) is 0 Å². The van der Waals surface area contributed by atoms with Crippen molar-refractivity contribution in [2.24, 2.45) is 11.7 Å². The van der Waals surface area contributed by atoms with Crippen LogP contribution in [0.2, 0.25) is 0 Å².